The van der Waals surface area contributed by atoms with Crippen LogP contribution in [0.25, 0.3) is 5.69 Å². The molecule has 1 aromatic heterocycles. The van der Waals surface area contributed by atoms with Gasteiger partial charge in [0.25, 0.3) is 0 Å². The Morgan fingerprint density at radius 2 is 2.12 bits per heavy atom. The number of benzene rings is 1. The Balaban J connectivity index is 2.43. The molecule has 0 saturated carbocycles. The summed E-state index contributed by atoms with van der Waals surface area (Å²) >= 11 is 0. The summed E-state index contributed by atoms with van der Waals surface area (Å²) in [6, 6.07) is 8.25. The zero-order valence-corrected chi connectivity index (χ0v) is 10.5. The maximum atomic E-state index is 6.04. The number of rotatable bonds is 3. The minimum absolute atomic E-state index is 0.0832. The highest BCUT2D eigenvalue weighted by molar-refractivity contribution is 5.37. The predicted octanol–water partition coefficient (Wildman–Crippen LogP) is 2.29. The van der Waals surface area contributed by atoms with Crippen LogP contribution in [0.4, 0.5) is 0 Å². The molecule has 1 unspecified atom stereocenters. The SMILES string of the molecule is CCC(N)c1cccc(-n2nc(C)nc2C)c1. The van der Waals surface area contributed by atoms with Crippen molar-refractivity contribution in [2.75, 3.05) is 0 Å². The van der Waals surface area contributed by atoms with Gasteiger partial charge in [-0.25, -0.2) is 9.67 Å². The second-order valence-electron chi connectivity index (χ2n) is 4.23. The minimum atomic E-state index is 0.0832. The first-order chi connectivity index (χ1) is 8.11. The third kappa shape index (κ3) is 2.36. The standard InChI is InChI=1S/C13H18N4/c1-4-13(14)11-6-5-7-12(8-11)17-10(3)15-9(2)16-17/h5-8,13H,4,14H2,1-3H3. The van der Waals surface area contributed by atoms with Gasteiger partial charge in [0.05, 0.1) is 5.69 Å². The van der Waals surface area contributed by atoms with Gasteiger partial charge < -0.3 is 5.73 Å². The van der Waals surface area contributed by atoms with Crippen LogP contribution in [0.2, 0.25) is 0 Å². The highest BCUT2D eigenvalue weighted by Crippen LogP contribution is 2.18. The summed E-state index contributed by atoms with van der Waals surface area (Å²) in [5, 5.41) is 4.37. The normalized spacial score (nSPS) is 12.7. The number of hydrogen-bond acceptors (Lipinski definition) is 3. The van der Waals surface area contributed by atoms with Gasteiger partial charge in [-0.05, 0) is 38.0 Å². The van der Waals surface area contributed by atoms with E-state index in [9.17, 15) is 0 Å². The van der Waals surface area contributed by atoms with E-state index in [-0.39, 0.29) is 6.04 Å². The molecule has 1 aromatic carbocycles. The molecule has 0 bridgehead atoms. The van der Waals surface area contributed by atoms with Gasteiger partial charge in [-0.1, -0.05) is 19.1 Å². The molecule has 0 aliphatic carbocycles. The summed E-state index contributed by atoms with van der Waals surface area (Å²) < 4.78 is 1.85. The molecule has 1 heterocycles. The van der Waals surface area contributed by atoms with E-state index < -0.39 is 0 Å². The molecule has 4 heteroatoms. The van der Waals surface area contributed by atoms with E-state index in [1.807, 2.05) is 30.7 Å². The zero-order valence-electron chi connectivity index (χ0n) is 10.5. The number of hydrogen-bond donors (Lipinski definition) is 1. The van der Waals surface area contributed by atoms with Gasteiger partial charge in [0.2, 0.25) is 0 Å². The molecule has 0 fully saturated rings. The maximum Gasteiger partial charge on any atom is 0.148 e. The third-order valence-corrected chi connectivity index (χ3v) is 2.86. The van der Waals surface area contributed by atoms with E-state index in [0.717, 1.165) is 29.3 Å². The van der Waals surface area contributed by atoms with Crippen LogP contribution in [0.1, 0.15) is 36.6 Å². The summed E-state index contributed by atoms with van der Waals surface area (Å²) in [5.41, 5.74) is 8.19. The van der Waals surface area contributed by atoms with Crippen molar-refractivity contribution in [2.24, 2.45) is 5.73 Å². The van der Waals surface area contributed by atoms with Crippen LogP contribution in [0.3, 0.4) is 0 Å². The lowest BCUT2D eigenvalue weighted by atomic mass is 10.1. The van der Waals surface area contributed by atoms with Crippen LogP contribution in [0.15, 0.2) is 24.3 Å². The first-order valence-electron chi connectivity index (χ1n) is 5.88. The van der Waals surface area contributed by atoms with Crippen molar-refractivity contribution in [3.63, 3.8) is 0 Å². The minimum Gasteiger partial charge on any atom is -0.324 e. The fourth-order valence-corrected chi connectivity index (χ4v) is 1.89. The topological polar surface area (TPSA) is 56.7 Å². The van der Waals surface area contributed by atoms with E-state index in [2.05, 4.69) is 29.1 Å². The van der Waals surface area contributed by atoms with Gasteiger partial charge in [0, 0.05) is 6.04 Å². The van der Waals surface area contributed by atoms with Crippen molar-refractivity contribution in [3.8, 4) is 5.69 Å². The molecule has 2 N–H and O–H groups in total. The zero-order chi connectivity index (χ0) is 12.4. The molecule has 17 heavy (non-hydrogen) atoms. The Hall–Kier alpha value is -1.68. The quantitative estimate of drug-likeness (QED) is 0.880. The Morgan fingerprint density at radius 1 is 1.35 bits per heavy atom. The summed E-state index contributed by atoms with van der Waals surface area (Å²) in [4.78, 5) is 4.30. The molecule has 0 spiro atoms. The second kappa shape index (κ2) is 4.67. The molecule has 0 saturated heterocycles. The number of nitrogens with zero attached hydrogens (tertiary/aromatic N) is 3. The van der Waals surface area contributed by atoms with E-state index in [1.165, 1.54) is 0 Å². The van der Waals surface area contributed by atoms with Gasteiger partial charge >= 0.3 is 0 Å². The lowest BCUT2D eigenvalue weighted by Crippen LogP contribution is -2.09. The van der Waals surface area contributed by atoms with Crippen LogP contribution in [0, 0.1) is 13.8 Å². The van der Waals surface area contributed by atoms with Gasteiger partial charge in [-0.15, -0.1) is 0 Å². The van der Waals surface area contributed by atoms with Crippen LogP contribution in [-0.2, 0) is 0 Å². The molecule has 90 valence electrons. The summed E-state index contributed by atoms with van der Waals surface area (Å²) in [7, 11) is 0. The van der Waals surface area contributed by atoms with Gasteiger partial charge in [0.1, 0.15) is 11.6 Å². The van der Waals surface area contributed by atoms with E-state index in [1.54, 1.807) is 0 Å². The third-order valence-electron chi connectivity index (χ3n) is 2.86. The molecule has 1 atom stereocenters. The molecule has 0 radical (unpaired) electrons. The molecule has 0 aliphatic rings. The molecule has 0 amide bonds. The van der Waals surface area contributed by atoms with Crippen molar-refractivity contribution in [2.45, 2.75) is 33.2 Å². The Bertz CT molecular complexity index is 516. The smallest absolute Gasteiger partial charge is 0.148 e. The fourth-order valence-electron chi connectivity index (χ4n) is 1.89. The van der Waals surface area contributed by atoms with Crippen LogP contribution in [0.5, 0.6) is 0 Å². The maximum absolute atomic E-state index is 6.04. The van der Waals surface area contributed by atoms with Crippen LogP contribution < -0.4 is 5.73 Å². The first-order valence-corrected chi connectivity index (χ1v) is 5.88. The highest BCUT2D eigenvalue weighted by atomic mass is 15.3. The molecular formula is C13H18N4. The fraction of sp³-hybridized carbons (Fsp3) is 0.385. The first kappa shape index (κ1) is 11.8. The Kier molecular flexibility index (Phi) is 3.24. The summed E-state index contributed by atoms with van der Waals surface area (Å²) in [6.45, 7) is 5.93. The number of nitrogens with two attached hydrogens (primary N) is 1. The van der Waals surface area contributed by atoms with Crippen molar-refractivity contribution < 1.29 is 0 Å². The van der Waals surface area contributed by atoms with E-state index in [0.29, 0.717) is 0 Å². The molecule has 0 aliphatic heterocycles. The van der Waals surface area contributed by atoms with E-state index in [4.69, 9.17) is 5.73 Å². The number of aryl methyl sites for hydroxylation is 2. The Morgan fingerprint density at radius 3 is 2.71 bits per heavy atom. The summed E-state index contributed by atoms with van der Waals surface area (Å²) in [5.74, 6) is 1.68. The molecule has 2 aromatic rings. The van der Waals surface area contributed by atoms with Crippen molar-refractivity contribution >= 4 is 0 Å². The molecular weight excluding hydrogens is 212 g/mol. The molecule has 4 nitrogen and oxygen atoms in total. The second-order valence-corrected chi connectivity index (χ2v) is 4.23. The van der Waals surface area contributed by atoms with E-state index >= 15 is 0 Å². The molecule has 2 rings (SSSR count). The van der Waals surface area contributed by atoms with Crippen molar-refractivity contribution in [3.05, 3.63) is 41.5 Å². The predicted molar refractivity (Wildman–Crippen MR) is 68.1 cm³/mol. The Labute approximate surface area is 101 Å². The average molecular weight is 230 g/mol. The lowest BCUT2D eigenvalue weighted by Gasteiger charge is -2.11. The lowest BCUT2D eigenvalue weighted by molar-refractivity contribution is 0.696. The van der Waals surface area contributed by atoms with Crippen LogP contribution in [-0.4, -0.2) is 14.8 Å². The monoisotopic (exact) mass is 230 g/mol. The van der Waals surface area contributed by atoms with Crippen LogP contribution >= 0.6 is 0 Å². The highest BCUT2D eigenvalue weighted by Gasteiger charge is 2.08. The van der Waals surface area contributed by atoms with Crippen molar-refractivity contribution in [1.82, 2.24) is 14.8 Å². The van der Waals surface area contributed by atoms with Crippen molar-refractivity contribution in [1.29, 1.82) is 0 Å². The van der Waals surface area contributed by atoms with Gasteiger partial charge in [-0.2, -0.15) is 5.10 Å². The van der Waals surface area contributed by atoms with Gasteiger partial charge in [-0.3, -0.25) is 0 Å². The largest absolute Gasteiger partial charge is 0.324 e. The van der Waals surface area contributed by atoms with Gasteiger partial charge in [0.15, 0.2) is 0 Å². The summed E-state index contributed by atoms with van der Waals surface area (Å²) in [6.07, 6.45) is 0.929. The number of aromatic nitrogens is 3. The average Bonchev–Trinajstić information content (AvgIpc) is 2.67.